The highest BCUT2D eigenvalue weighted by atomic mass is 19.1. The zero-order chi connectivity index (χ0) is 33.9. The number of nitrogens with zero attached hydrogens (tertiary/aromatic N) is 6. The van der Waals surface area contributed by atoms with Gasteiger partial charge in [-0.05, 0) is 67.9 Å². The first-order chi connectivity index (χ1) is 24.5. The van der Waals surface area contributed by atoms with Crippen LogP contribution in [0.5, 0.6) is 6.01 Å². The second-order valence-corrected chi connectivity index (χ2v) is 14.2. The summed E-state index contributed by atoms with van der Waals surface area (Å²) in [5, 5.41) is 6.72. The zero-order valence-corrected chi connectivity index (χ0v) is 27.7. The third-order valence-corrected chi connectivity index (χ3v) is 11.5. The number of halogens is 2. The molecule has 1 amide bonds. The second kappa shape index (κ2) is 12.5. The van der Waals surface area contributed by atoms with Crippen molar-refractivity contribution in [2.24, 2.45) is 0 Å². The summed E-state index contributed by atoms with van der Waals surface area (Å²) < 4.78 is 45.1. The fourth-order valence-electron chi connectivity index (χ4n) is 9.09. The molecule has 7 heterocycles. The molecule has 4 atom stereocenters. The number of hydrogen-bond acceptors (Lipinski definition) is 10. The van der Waals surface area contributed by atoms with E-state index in [-0.39, 0.29) is 24.0 Å². The molecule has 11 nitrogen and oxygen atoms in total. The monoisotopic (exact) mass is 682 g/mol. The topological polar surface area (TPSA) is 108 Å². The predicted octanol–water partition coefficient (Wildman–Crippen LogP) is 3.76. The van der Waals surface area contributed by atoms with Crippen molar-refractivity contribution < 1.29 is 23.0 Å². The lowest BCUT2D eigenvalue weighted by Crippen LogP contribution is -2.63. The molecule has 0 spiro atoms. The summed E-state index contributed by atoms with van der Waals surface area (Å²) in [5.74, 6) is -1.11. The third kappa shape index (κ3) is 5.04. The molecule has 2 N–H and O–H groups in total. The van der Waals surface area contributed by atoms with Crippen LogP contribution in [0.25, 0.3) is 21.7 Å². The number of rotatable bonds is 7. The van der Waals surface area contributed by atoms with Gasteiger partial charge < -0.3 is 19.7 Å². The first-order valence-corrected chi connectivity index (χ1v) is 17.6. The number of morpholine rings is 1. The molecule has 9 rings (SSSR count). The molecule has 4 unspecified atom stereocenters. The average molecular weight is 683 g/mol. The molecule has 0 radical (unpaired) electrons. The lowest BCUT2D eigenvalue weighted by Gasteiger charge is -2.45. The van der Waals surface area contributed by atoms with Gasteiger partial charge in [-0.15, -0.1) is 0 Å². The van der Waals surface area contributed by atoms with Gasteiger partial charge in [0.1, 0.15) is 18.0 Å². The normalized spacial score (nSPS) is 28.0. The fraction of sp³-hybridized carbons (Fsp3) is 0.459. The van der Waals surface area contributed by atoms with Crippen LogP contribution < -0.4 is 15.5 Å². The highest BCUT2D eigenvalue weighted by molar-refractivity contribution is 5.87. The lowest BCUT2D eigenvalue weighted by molar-refractivity contribution is -0.130. The van der Waals surface area contributed by atoms with Crippen LogP contribution in [-0.4, -0.2) is 107 Å². The van der Waals surface area contributed by atoms with Gasteiger partial charge in [-0.2, -0.15) is 9.97 Å². The number of alkyl halides is 1. The van der Waals surface area contributed by atoms with Crippen molar-refractivity contribution in [1.29, 1.82) is 0 Å². The summed E-state index contributed by atoms with van der Waals surface area (Å²) in [6.07, 6.45) is 8.99. The van der Waals surface area contributed by atoms with Gasteiger partial charge in [-0.1, -0.05) is 30.3 Å². The minimum Gasteiger partial charge on any atom is -0.461 e. The van der Waals surface area contributed by atoms with Gasteiger partial charge >= 0.3 is 6.01 Å². The maximum absolute atomic E-state index is 17.3. The highest BCUT2D eigenvalue weighted by Gasteiger charge is 2.53. The molecule has 5 aliphatic rings. The Hall–Kier alpha value is -4.30. The van der Waals surface area contributed by atoms with E-state index in [1.54, 1.807) is 29.4 Å². The highest BCUT2D eigenvalue weighted by Crippen LogP contribution is 2.44. The van der Waals surface area contributed by atoms with Gasteiger partial charge in [-0.3, -0.25) is 19.7 Å². The Kier molecular flexibility index (Phi) is 7.90. The van der Waals surface area contributed by atoms with Gasteiger partial charge in [0, 0.05) is 54.4 Å². The van der Waals surface area contributed by atoms with Crippen LogP contribution >= 0.6 is 0 Å². The first-order valence-electron chi connectivity index (χ1n) is 17.6. The number of nitrogens with one attached hydrogen (secondary N) is 2. The summed E-state index contributed by atoms with van der Waals surface area (Å²) in [5.41, 5.74) is 4.63. The van der Waals surface area contributed by atoms with Gasteiger partial charge in [0.25, 0.3) is 0 Å². The molecule has 4 fully saturated rings. The number of ether oxygens (including phenoxy) is 2. The van der Waals surface area contributed by atoms with E-state index in [2.05, 4.69) is 20.6 Å². The molecule has 0 bridgehead atoms. The van der Waals surface area contributed by atoms with Gasteiger partial charge in [-0.25, -0.2) is 14.2 Å². The Balaban J connectivity index is 1.15. The first kappa shape index (κ1) is 31.7. The van der Waals surface area contributed by atoms with Crippen LogP contribution in [0.3, 0.4) is 0 Å². The lowest BCUT2D eigenvalue weighted by atomic mass is 9.84. The number of amides is 1. The van der Waals surface area contributed by atoms with Crippen molar-refractivity contribution in [3.05, 3.63) is 83.7 Å². The summed E-state index contributed by atoms with van der Waals surface area (Å²) in [6.45, 7) is 4.17. The number of carbonyl (C=O) groups is 1. The zero-order valence-electron chi connectivity index (χ0n) is 27.7. The molecule has 260 valence electrons. The van der Waals surface area contributed by atoms with Crippen LogP contribution in [0.4, 0.5) is 8.78 Å². The molecular weight excluding hydrogens is 642 g/mol. The Morgan fingerprint density at radius 2 is 1.92 bits per heavy atom. The Morgan fingerprint density at radius 1 is 1.08 bits per heavy atom. The predicted molar refractivity (Wildman–Crippen MR) is 182 cm³/mol. The van der Waals surface area contributed by atoms with E-state index in [4.69, 9.17) is 19.4 Å². The summed E-state index contributed by atoms with van der Waals surface area (Å²) in [4.78, 5) is 31.2. The number of aromatic nitrogens is 3. The second-order valence-electron chi connectivity index (χ2n) is 14.2. The smallest absolute Gasteiger partial charge is 0.317 e. The van der Waals surface area contributed by atoms with Crippen LogP contribution in [0.15, 0.2) is 66.6 Å². The van der Waals surface area contributed by atoms with Gasteiger partial charge in [0.2, 0.25) is 6.41 Å². The maximum Gasteiger partial charge on any atom is 0.317 e. The standard InChI is InChI=1S/C37H40F2N8O3/c38-29-8-2-6-24-5-1-7-26(32(24)29)27-19-41-18-25-17-37(44-47(25)34(27)39,31-21-49-16-15-45(31)23-48)33-28-20-40-12-9-30(28)42-35(43-33)50-22-36-10-3-13-46(36)14-4-11-36/h1-2,5-9,12,17,20,23,27,31,34,41,44H,3-4,10-11,13-16,18-19,21-22H2. The molecule has 0 aliphatic carbocycles. The van der Waals surface area contributed by atoms with Crippen LogP contribution in [0, 0.1) is 5.82 Å². The van der Waals surface area contributed by atoms with E-state index in [0.717, 1.165) is 45.2 Å². The number of pyridine rings is 1. The molecule has 5 aliphatic heterocycles. The Bertz CT molecular complexity index is 1960. The van der Waals surface area contributed by atoms with E-state index in [1.807, 2.05) is 30.3 Å². The van der Waals surface area contributed by atoms with E-state index in [9.17, 15) is 4.79 Å². The number of fused-ring (bicyclic) bond motifs is 4. The van der Waals surface area contributed by atoms with Crippen molar-refractivity contribution in [2.45, 2.75) is 55.0 Å². The molecule has 13 heteroatoms. The minimum absolute atomic E-state index is 0.0182. The van der Waals surface area contributed by atoms with Crippen molar-refractivity contribution >= 4 is 28.1 Å². The molecule has 0 saturated carbocycles. The molecule has 4 aromatic rings. The average Bonchev–Trinajstić information content (AvgIpc) is 3.83. The molecule has 50 heavy (non-hydrogen) atoms. The quantitative estimate of drug-likeness (QED) is 0.221. The SMILES string of the molecule is O=CN1CCOCC1C1(c2nc(OCC34CCCN3CCC4)nc3ccncc23)C=C2CNCC(c3cccc4cccc(F)c34)C(F)N2N1. The summed E-state index contributed by atoms with van der Waals surface area (Å²) >= 11 is 0. The fourth-order valence-corrected chi connectivity index (χ4v) is 9.09. The Labute approximate surface area is 288 Å². The number of hydrazine groups is 1. The molecular formula is C37H40F2N8O3. The third-order valence-electron chi connectivity index (χ3n) is 11.5. The molecule has 4 saturated heterocycles. The number of hydrogen-bond donors (Lipinski definition) is 2. The largest absolute Gasteiger partial charge is 0.461 e. The van der Waals surface area contributed by atoms with Gasteiger partial charge in [0.15, 0.2) is 6.30 Å². The van der Waals surface area contributed by atoms with Crippen molar-refractivity contribution in [3.63, 3.8) is 0 Å². The molecule has 2 aromatic carbocycles. The van der Waals surface area contributed by atoms with Crippen LogP contribution in [0.2, 0.25) is 0 Å². The van der Waals surface area contributed by atoms with E-state index in [0.29, 0.717) is 71.5 Å². The Morgan fingerprint density at radius 3 is 2.76 bits per heavy atom. The number of benzene rings is 2. The van der Waals surface area contributed by atoms with Crippen LogP contribution in [-0.2, 0) is 15.1 Å². The van der Waals surface area contributed by atoms with E-state index >= 15 is 8.78 Å². The van der Waals surface area contributed by atoms with Crippen molar-refractivity contribution in [1.82, 2.24) is 40.5 Å². The maximum atomic E-state index is 17.3. The molecule has 2 aromatic heterocycles. The van der Waals surface area contributed by atoms with Crippen molar-refractivity contribution in [2.75, 3.05) is 52.5 Å². The van der Waals surface area contributed by atoms with Crippen LogP contribution in [0.1, 0.15) is 42.9 Å². The minimum atomic E-state index is -1.60. The summed E-state index contributed by atoms with van der Waals surface area (Å²) in [6, 6.07) is 11.8. The van der Waals surface area contributed by atoms with Crippen molar-refractivity contribution in [3.8, 4) is 6.01 Å². The summed E-state index contributed by atoms with van der Waals surface area (Å²) in [7, 11) is 0. The van der Waals surface area contributed by atoms with E-state index in [1.165, 1.54) is 11.1 Å². The number of carbonyl (C=O) groups excluding carboxylic acids is 1. The van der Waals surface area contributed by atoms with Gasteiger partial charge in [0.05, 0.1) is 36.0 Å². The van der Waals surface area contributed by atoms with E-state index < -0.39 is 23.8 Å².